The Labute approximate surface area is 138 Å². The molecule has 0 atom stereocenters. The fraction of sp³-hybridized carbons (Fsp3) is 0.0588. The summed E-state index contributed by atoms with van der Waals surface area (Å²) in [6, 6.07) is 14.1. The van der Waals surface area contributed by atoms with Crippen LogP contribution in [0, 0.1) is 18.3 Å². The second-order valence-corrected chi connectivity index (χ2v) is 5.45. The maximum atomic E-state index is 12.2. The van der Waals surface area contributed by atoms with Gasteiger partial charge in [-0.1, -0.05) is 47.5 Å². The molecule has 0 aliphatic rings. The number of aryl methyl sites for hydroxylation is 1. The van der Waals surface area contributed by atoms with E-state index in [0.717, 1.165) is 11.1 Å². The first kappa shape index (κ1) is 16.1. The van der Waals surface area contributed by atoms with Gasteiger partial charge in [-0.15, -0.1) is 0 Å². The van der Waals surface area contributed by atoms with Crippen LogP contribution >= 0.6 is 23.2 Å². The first-order valence-electron chi connectivity index (χ1n) is 6.45. The number of nitriles is 1. The molecule has 0 bridgehead atoms. The molecule has 5 heteroatoms. The highest BCUT2D eigenvalue weighted by molar-refractivity contribution is 6.36. The van der Waals surface area contributed by atoms with E-state index in [1.807, 2.05) is 37.3 Å². The van der Waals surface area contributed by atoms with Gasteiger partial charge in [0.1, 0.15) is 11.6 Å². The van der Waals surface area contributed by atoms with Gasteiger partial charge in [0.05, 0.1) is 10.7 Å². The van der Waals surface area contributed by atoms with Gasteiger partial charge >= 0.3 is 0 Å². The number of halogens is 2. The summed E-state index contributed by atoms with van der Waals surface area (Å²) in [7, 11) is 0. The molecule has 0 heterocycles. The summed E-state index contributed by atoms with van der Waals surface area (Å²) in [6.07, 6.45) is 1.54. The van der Waals surface area contributed by atoms with E-state index in [1.54, 1.807) is 18.2 Å². The molecule has 1 amide bonds. The lowest BCUT2D eigenvalue weighted by molar-refractivity contribution is -0.112. The Hall–Kier alpha value is -2.28. The Morgan fingerprint density at radius 3 is 2.64 bits per heavy atom. The van der Waals surface area contributed by atoms with E-state index in [4.69, 9.17) is 23.2 Å². The van der Waals surface area contributed by atoms with Crippen LogP contribution in [0.5, 0.6) is 0 Å². The zero-order chi connectivity index (χ0) is 16.1. The van der Waals surface area contributed by atoms with Crippen molar-refractivity contribution in [3.63, 3.8) is 0 Å². The van der Waals surface area contributed by atoms with E-state index in [0.29, 0.717) is 15.7 Å². The zero-order valence-electron chi connectivity index (χ0n) is 11.7. The van der Waals surface area contributed by atoms with Crippen molar-refractivity contribution in [2.45, 2.75) is 6.92 Å². The van der Waals surface area contributed by atoms with Crippen LogP contribution in [0.3, 0.4) is 0 Å². The minimum atomic E-state index is -0.532. The largest absolute Gasteiger partial charge is 0.320 e. The van der Waals surface area contributed by atoms with Gasteiger partial charge in [0.2, 0.25) is 0 Å². The van der Waals surface area contributed by atoms with Gasteiger partial charge in [0.25, 0.3) is 5.91 Å². The number of carbonyl (C=O) groups excluding carboxylic acids is 1. The number of anilines is 1. The SMILES string of the molecule is Cc1ccccc1/C=C(\C#N)C(=O)Nc1cc(Cl)ccc1Cl. The summed E-state index contributed by atoms with van der Waals surface area (Å²) in [4.78, 5) is 12.2. The first-order chi connectivity index (χ1) is 10.5. The fourth-order valence-corrected chi connectivity index (χ4v) is 2.17. The number of benzene rings is 2. The third-order valence-electron chi connectivity index (χ3n) is 3.03. The number of nitrogens with zero attached hydrogens (tertiary/aromatic N) is 1. The Balaban J connectivity index is 2.29. The molecule has 0 fully saturated rings. The van der Waals surface area contributed by atoms with Crippen LogP contribution in [0.1, 0.15) is 11.1 Å². The number of rotatable bonds is 3. The molecule has 0 aliphatic carbocycles. The van der Waals surface area contributed by atoms with Gasteiger partial charge in [0, 0.05) is 5.02 Å². The molecule has 0 aromatic heterocycles. The molecule has 0 saturated heterocycles. The minimum Gasteiger partial charge on any atom is -0.320 e. The van der Waals surface area contributed by atoms with Crippen molar-refractivity contribution in [2.24, 2.45) is 0 Å². The number of hydrogen-bond donors (Lipinski definition) is 1. The molecular weight excluding hydrogens is 319 g/mol. The highest BCUT2D eigenvalue weighted by Crippen LogP contribution is 2.26. The monoisotopic (exact) mass is 330 g/mol. The summed E-state index contributed by atoms with van der Waals surface area (Å²) >= 11 is 11.9. The molecule has 0 radical (unpaired) electrons. The van der Waals surface area contributed by atoms with E-state index in [1.165, 1.54) is 6.07 Å². The molecule has 1 N–H and O–H groups in total. The van der Waals surface area contributed by atoms with Gasteiger partial charge in [-0.25, -0.2) is 0 Å². The molecule has 0 unspecified atom stereocenters. The fourth-order valence-electron chi connectivity index (χ4n) is 1.84. The Morgan fingerprint density at radius 2 is 1.95 bits per heavy atom. The van der Waals surface area contributed by atoms with E-state index in [2.05, 4.69) is 5.32 Å². The number of carbonyl (C=O) groups is 1. The van der Waals surface area contributed by atoms with Crippen molar-refractivity contribution >= 4 is 40.9 Å². The normalized spacial score (nSPS) is 10.9. The van der Waals surface area contributed by atoms with Crippen LogP contribution in [0.25, 0.3) is 6.08 Å². The molecule has 22 heavy (non-hydrogen) atoms. The molecule has 0 spiro atoms. The standard InChI is InChI=1S/C17H12Cl2N2O/c1-11-4-2-3-5-12(11)8-13(10-20)17(22)21-16-9-14(18)6-7-15(16)19/h2-9H,1H3,(H,21,22)/b13-8+. The third-order valence-corrected chi connectivity index (χ3v) is 3.59. The van der Waals surface area contributed by atoms with Crippen molar-refractivity contribution < 1.29 is 4.79 Å². The maximum Gasteiger partial charge on any atom is 0.266 e. The van der Waals surface area contributed by atoms with Crippen molar-refractivity contribution in [3.05, 3.63) is 69.2 Å². The lowest BCUT2D eigenvalue weighted by atomic mass is 10.1. The number of amides is 1. The number of nitrogens with one attached hydrogen (secondary N) is 1. The summed E-state index contributed by atoms with van der Waals surface area (Å²) in [5.74, 6) is -0.532. The van der Waals surface area contributed by atoms with Crippen LogP contribution in [0.15, 0.2) is 48.0 Å². The quantitative estimate of drug-likeness (QED) is 0.646. The van der Waals surface area contributed by atoms with Crippen LogP contribution in [-0.2, 0) is 4.79 Å². The first-order valence-corrected chi connectivity index (χ1v) is 7.20. The lowest BCUT2D eigenvalue weighted by Gasteiger charge is -2.07. The van der Waals surface area contributed by atoms with E-state index in [9.17, 15) is 10.1 Å². The molecule has 110 valence electrons. The third kappa shape index (κ3) is 3.88. The van der Waals surface area contributed by atoms with Crippen molar-refractivity contribution in [1.82, 2.24) is 0 Å². The van der Waals surface area contributed by atoms with Gasteiger partial charge in [-0.05, 0) is 42.3 Å². The van der Waals surface area contributed by atoms with Gasteiger partial charge in [-0.2, -0.15) is 5.26 Å². The summed E-state index contributed by atoms with van der Waals surface area (Å²) in [5.41, 5.74) is 2.14. The number of hydrogen-bond acceptors (Lipinski definition) is 2. The minimum absolute atomic E-state index is 0.00894. The Kier molecular flexibility index (Phi) is 5.21. The average molecular weight is 331 g/mol. The molecule has 3 nitrogen and oxygen atoms in total. The van der Waals surface area contributed by atoms with E-state index in [-0.39, 0.29) is 5.57 Å². The average Bonchev–Trinajstić information content (AvgIpc) is 2.50. The van der Waals surface area contributed by atoms with Crippen LogP contribution in [0.2, 0.25) is 10.0 Å². The predicted octanol–water partition coefficient (Wildman–Crippen LogP) is 4.85. The summed E-state index contributed by atoms with van der Waals surface area (Å²) < 4.78 is 0. The van der Waals surface area contributed by atoms with Gasteiger partial charge < -0.3 is 5.32 Å². The van der Waals surface area contributed by atoms with Crippen molar-refractivity contribution in [3.8, 4) is 6.07 Å². The molecule has 0 saturated carbocycles. The second kappa shape index (κ2) is 7.13. The topological polar surface area (TPSA) is 52.9 Å². The highest BCUT2D eigenvalue weighted by atomic mass is 35.5. The van der Waals surface area contributed by atoms with Gasteiger partial charge in [0.15, 0.2) is 0 Å². The molecule has 2 aromatic rings. The summed E-state index contributed by atoms with van der Waals surface area (Å²) in [5, 5.41) is 12.6. The van der Waals surface area contributed by atoms with Crippen molar-refractivity contribution in [2.75, 3.05) is 5.32 Å². The molecule has 2 rings (SSSR count). The Morgan fingerprint density at radius 1 is 1.23 bits per heavy atom. The van der Waals surface area contributed by atoms with Crippen molar-refractivity contribution in [1.29, 1.82) is 5.26 Å². The Bertz CT molecular complexity index is 791. The van der Waals surface area contributed by atoms with E-state index < -0.39 is 5.91 Å². The zero-order valence-corrected chi connectivity index (χ0v) is 13.2. The van der Waals surface area contributed by atoms with Gasteiger partial charge in [-0.3, -0.25) is 4.79 Å². The smallest absolute Gasteiger partial charge is 0.266 e. The van der Waals surface area contributed by atoms with Crippen LogP contribution in [0.4, 0.5) is 5.69 Å². The molecular formula is C17H12Cl2N2O. The maximum absolute atomic E-state index is 12.2. The predicted molar refractivity (Wildman–Crippen MR) is 89.9 cm³/mol. The highest BCUT2D eigenvalue weighted by Gasteiger charge is 2.12. The lowest BCUT2D eigenvalue weighted by Crippen LogP contribution is -2.13. The van der Waals surface area contributed by atoms with E-state index >= 15 is 0 Å². The van der Waals surface area contributed by atoms with Crippen LogP contribution < -0.4 is 5.32 Å². The van der Waals surface area contributed by atoms with Crippen LogP contribution in [-0.4, -0.2) is 5.91 Å². The second-order valence-electron chi connectivity index (χ2n) is 4.60. The summed E-state index contributed by atoms with van der Waals surface area (Å²) in [6.45, 7) is 1.91. The molecule has 0 aliphatic heterocycles. The molecule has 2 aromatic carbocycles.